The standard InChI is InChI=1S/C13H17FN2OS/c14-10-1-2-12(15)11(7-10)13(17)16-8-9-3-5-18-6-4-9/h1-2,7,9H,3-6,8,15H2,(H,16,17). The van der Waals surface area contributed by atoms with Crippen molar-refractivity contribution in [2.75, 3.05) is 23.8 Å². The molecule has 18 heavy (non-hydrogen) atoms. The molecule has 1 amide bonds. The number of nitrogens with two attached hydrogens (primary N) is 1. The van der Waals surface area contributed by atoms with Crippen LogP contribution >= 0.6 is 11.8 Å². The molecule has 1 saturated heterocycles. The molecule has 0 aliphatic carbocycles. The molecule has 0 radical (unpaired) electrons. The van der Waals surface area contributed by atoms with E-state index in [0.29, 0.717) is 18.2 Å². The highest BCUT2D eigenvalue weighted by molar-refractivity contribution is 7.99. The molecule has 1 aliphatic rings. The summed E-state index contributed by atoms with van der Waals surface area (Å²) in [6.45, 7) is 0.648. The first-order valence-electron chi connectivity index (χ1n) is 6.08. The van der Waals surface area contributed by atoms with Gasteiger partial charge >= 0.3 is 0 Å². The van der Waals surface area contributed by atoms with Gasteiger partial charge < -0.3 is 11.1 Å². The third-order valence-corrected chi connectivity index (χ3v) is 4.20. The lowest BCUT2D eigenvalue weighted by molar-refractivity contribution is 0.0947. The van der Waals surface area contributed by atoms with Crippen LogP contribution in [-0.4, -0.2) is 24.0 Å². The summed E-state index contributed by atoms with van der Waals surface area (Å²) in [5, 5.41) is 2.84. The molecule has 3 nitrogen and oxygen atoms in total. The fourth-order valence-electron chi connectivity index (χ4n) is 2.01. The molecule has 1 fully saturated rings. The smallest absolute Gasteiger partial charge is 0.253 e. The van der Waals surface area contributed by atoms with Crippen LogP contribution in [0, 0.1) is 11.7 Å². The summed E-state index contributed by atoms with van der Waals surface area (Å²) in [4.78, 5) is 11.9. The van der Waals surface area contributed by atoms with E-state index in [1.807, 2.05) is 11.8 Å². The molecule has 1 aromatic rings. The zero-order valence-electron chi connectivity index (χ0n) is 10.1. The van der Waals surface area contributed by atoms with Crippen LogP contribution in [0.2, 0.25) is 0 Å². The average molecular weight is 268 g/mol. The molecule has 1 aromatic carbocycles. The number of thioether (sulfide) groups is 1. The minimum atomic E-state index is -0.441. The van der Waals surface area contributed by atoms with E-state index in [9.17, 15) is 9.18 Å². The maximum atomic E-state index is 13.1. The second-order valence-electron chi connectivity index (χ2n) is 4.50. The second kappa shape index (κ2) is 6.09. The Labute approximate surface area is 110 Å². The zero-order chi connectivity index (χ0) is 13.0. The summed E-state index contributed by atoms with van der Waals surface area (Å²) in [5.41, 5.74) is 6.20. The highest BCUT2D eigenvalue weighted by atomic mass is 32.2. The normalized spacial score (nSPS) is 16.5. The molecule has 0 bridgehead atoms. The van der Waals surface area contributed by atoms with E-state index in [0.717, 1.165) is 24.3 Å². The van der Waals surface area contributed by atoms with Gasteiger partial charge in [0.15, 0.2) is 0 Å². The van der Waals surface area contributed by atoms with Crippen LogP contribution in [0.25, 0.3) is 0 Å². The number of halogens is 1. The maximum absolute atomic E-state index is 13.1. The number of amides is 1. The SMILES string of the molecule is Nc1ccc(F)cc1C(=O)NCC1CCSCC1. The van der Waals surface area contributed by atoms with Gasteiger partial charge in [-0.25, -0.2) is 4.39 Å². The van der Waals surface area contributed by atoms with E-state index in [1.54, 1.807) is 0 Å². The minimum absolute atomic E-state index is 0.222. The number of benzene rings is 1. The van der Waals surface area contributed by atoms with E-state index < -0.39 is 5.82 Å². The number of hydrogen-bond donors (Lipinski definition) is 2. The van der Waals surface area contributed by atoms with E-state index in [2.05, 4.69) is 5.32 Å². The molecule has 98 valence electrons. The van der Waals surface area contributed by atoms with Gasteiger partial charge in [0.05, 0.1) is 5.56 Å². The quantitative estimate of drug-likeness (QED) is 0.827. The topological polar surface area (TPSA) is 55.1 Å². The molecule has 0 spiro atoms. The van der Waals surface area contributed by atoms with Crippen molar-refractivity contribution < 1.29 is 9.18 Å². The lowest BCUT2D eigenvalue weighted by Crippen LogP contribution is -2.31. The van der Waals surface area contributed by atoms with Gasteiger partial charge in [-0.1, -0.05) is 0 Å². The fourth-order valence-corrected chi connectivity index (χ4v) is 3.21. The van der Waals surface area contributed by atoms with Gasteiger partial charge in [-0.05, 0) is 48.5 Å². The highest BCUT2D eigenvalue weighted by Crippen LogP contribution is 2.22. The summed E-state index contributed by atoms with van der Waals surface area (Å²) in [6, 6.07) is 3.85. The third-order valence-electron chi connectivity index (χ3n) is 3.15. The highest BCUT2D eigenvalue weighted by Gasteiger charge is 2.16. The molecule has 0 atom stereocenters. The lowest BCUT2D eigenvalue weighted by Gasteiger charge is -2.21. The first kappa shape index (κ1) is 13.2. The van der Waals surface area contributed by atoms with Crippen LogP contribution in [0.4, 0.5) is 10.1 Å². The average Bonchev–Trinajstić information content (AvgIpc) is 2.40. The minimum Gasteiger partial charge on any atom is -0.398 e. The molecule has 5 heteroatoms. The van der Waals surface area contributed by atoms with Gasteiger partial charge in [0.2, 0.25) is 0 Å². The van der Waals surface area contributed by atoms with Gasteiger partial charge in [0.25, 0.3) is 5.91 Å². The number of nitrogens with one attached hydrogen (secondary N) is 1. The van der Waals surface area contributed by atoms with E-state index >= 15 is 0 Å². The van der Waals surface area contributed by atoms with Crippen molar-refractivity contribution in [3.8, 4) is 0 Å². The Morgan fingerprint density at radius 3 is 2.89 bits per heavy atom. The number of carbonyl (C=O) groups is 1. The maximum Gasteiger partial charge on any atom is 0.253 e. The van der Waals surface area contributed by atoms with Crippen molar-refractivity contribution in [1.29, 1.82) is 0 Å². The first-order chi connectivity index (χ1) is 8.66. The van der Waals surface area contributed by atoms with E-state index in [1.165, 1.54) is 18.2 Å². The van der Waals surface area contributed by atoms with Crippen molar-refractivity contribution in [3.05, 3.63) is 29.6 Å². The monoisotopic (exact) mass is 268 g/mol. The zero-order valence-corrected chi connectivity index (χ0v) is 10.9. The van der Waals surface area contributed by atoms with Gasteiger partial charge in [-0.3, -0.25) is 4.79 Å². The second-order valence-corrected chi connectivity index (χ2v) is 5.72. The van der Waals surface area contributed by atoms with Crippen LogP contribution in [0.3, 0.4) is 0 Å². The molecule has 1 aliphatic heterocycles. The van der Waals surface area contributed by atoms with Crippen LogP contribution in [0.5, 0.6) is 0 Å². The number of anilines is 1. The van der Waals surface area contributed by atoms with Crippen molar-refractivity contribution >= 4 is 23.4 Å². The fraction of sp³-hybridized carbons (Fsp3) is 0.462. The summed E-state index contributed by atoms with van der Waals surface area (Å²) >= 11 is 1.95. The van der Waals surface area contributed by atoms with Crippen LogP contribution in [0.15, 0.2) is 18.2 Å². The molecule has 0 aromatic heterocycles. The Morgan fingerprint density at radius 1 is 1.44 bits per heavy atom. The molecule has 0 saturated carbocycles. The largest absolute Gasteiger partial charge is 0.398 e. The van der Waals surface area contributed by atoms with Gasteiger partial charge in [-0.15, -0.1) is 0 Å². The third kappa shape index (κ3) is 3.38. The van der Waals surface area contributed by atoms with Crippen LogP contribution in [-0.2, 0) is 0 Å². The molecule has 0 unspecified atom stereocenters. The number of carbonyl (C=O) groups excluding carboxylic acids is 1. The van der Waals surface area contributed by atoms with Crippen LogP contribution in [0.1, 0.15) is 23.2 Å². The van der Waals surface area contributed by atoms with Gasteiger partial charge in [0, 0.05) is 12.2 Å². The Hall–Kier alpha value is -1.23. The van der Waals surface area contributed by atoms with Crippen molar-refractivity contribution in [2.45, 2.75) is 12.8 Å². The molecule has 1 heterocycles. The van der Waals surface area contributed by atoms with Crippen molar-refractivity contribution in [2.24, 2.45) is 5.92 Å². The Morgan fingerprint density at radius 2 is 2.17 bits per heavy atom. The summed E-state index contributed by atoms with van der Waals surface area (Å²) < 4.78 is 13.1. The molecular weight excluding hydrogens is 251 g/mol. The van der Waals surface area contributed by atoms with Crippen molar-refractivity contribution in [1.82, 2.24) is 5.32 Å². The summed E-state index contributed by atoms with van der Waals surface area (Å²) in [6.07, 6.45) is 2.26. The molecule has 3 N–H and O–H groups in total. The number of nitrogen functional groups attached to an aromatic ring is 1. The van der Waals surface area contributed by atoms with Gasteiger partial charge in [-0.2, -0.15) is 11.8 Å². The lowest BCUT2D eigenvalue weighted by atomic mass is 10.0. The number of rotatable bonds is 3. The van der Waals surface area contributed by atoms with Crippen LogP contribution < -0.4 is 11.1 Å². The number of hydrogen-bond acceptors (Lipinski definition) is 3. The molecule has 2 rings (SSSR count). The van der Waals surface area contributed by atoms with Gasteiger partial charge in [0.1, 0.15) is 5.82 Å². The first-order valence-corrected chi connectivity index (χ1v) is 7.23. The predicted octanol–water partition coefficient (Wildman–Crippen LogP) is 2.28. The predicted molar refractivity (Wildman–Crippen MR) is 73.2 cm³/mol. The Kier molecular flexibility index (Phi) is 4.47. The Balaban J connectivity index is 1.92. The van der Waals surface area contributed by atoms with Crippen molar-refractivity contribution in [3.63, 3.8) is 0 Å². The van der Waals surface area contributed by atoms with E-state index in [-0.39, 0.29) is 11.5 Å². The molecular formula is C13H17FN2OS. The summed E-state index contributed by atoms with van der Waals surface area (Å²) in [5.74, 6) is 2.12. The summed E-state index contributed by atoms with van der Waals surface area (Å²) in [7, 11) is 0. The Bertz CT molecular complexity index is 433. The van der Waals surface area contributed by atoms with E-state index in [4.69, 9.17) is 5.73 Å².